The molecule has 0 saturated carbocycles. The van der Waals surface area contributed by atoms with Crippen molar-refractivity contribution in [3.63, 3.8) is 0 Å². The highest BCUT2D eigenvalue weighted by molar-refractivity contribution is 7.90. The van der Waals surface area contributed by atoms with Gasteiger partial charge in [-0.3, -0.25) is 4.79 Å². The van der Waals surface area contributed by atoms with Crippen LogP contribution in [0.1, 0.15) is 32.3 Å². The molecule has 0 spiro atoms. The Morgan fingerprint density at radius 2 is 1.67 bits per heavy atom. The SMILES string of the molecule is CCC(CC)(CN)C(=O)Nc1cccc(CS(=O)(=O)c2ccccc2)c1.Cl. The van der Waals surface area contributed by atoms with Gasteiger partial charge in [0.2, 0.25) is 5.91 Å². The predicted octanol–water partition coefficient (Wildman–Crippen LogP) is 3.79. The average Bonchev–Trinajstić information content (AvgIpc) is 2.64. The quantitative estimate of drug-likeness (QED) is 0.692. The summed E-state index contributed by atoms with van der Waals surface area (Å²) in [5.41, 5.74) is 6.42. The van der Waals surface area contributed by atoms with Gasteiger partial charge in [-0.15, -0.1) is 12.4 Å². The first kappa shape index (κ1) is 23.1. The highest BCUT2D eigenvalue weighted by atomic mass is 35.5. The number of hydrogen-bond acceptors (Lipinski definition) is 4. The Morgan fingerprint density at radius 1 is 1.04 bits per heavy atom. The van der Waals surface area contributed by atoms with Crippen LogP contribution in [0.5, 0.6) is 0 Å². The van der Waals surface area contributed by atoms with Gasteiger partial charge in [-0.1, -0.05) is 44.2 Å². The predicted molar refractivity (Wildman–Crippen MR) is 112 cm³/mol. The fourth-order valence-electron chi connectivity index (χ4n) is 2.89. The zero-order chi connectivity index (χ0) is 19.2. The van der Waals surface area contributed by atoms with Crippen LogP contribution in [0.25, 0.3) is 0 Å². The number of anilines is 1. The van der Waals surface area contributed by atoms with Crippen LogP contribution in [0, 0.1) is 5.41 Å². The molecule has 0 bridgehead atoms. The first-order valence-corrected chi connectivity index (χ1v) is 10.4. The number of rotatable bonds is 8. The van der Waals surface area contributed by atoms with Gasteiger partial charge in [-0.05, 0) is 42.7 Å². The minimum absolute atomic E-state index is 0. The molecule has 0 fully saturated rings. The number of hydrogen-bond donors (Lipinski definition) is 2. The summed E-state index contributed by atoms with van der Waals surface area (Å²) in [6.45, 7) is 4.16. The number of benzene rings is 2. The summed E-state index contributed by atoms with van der Waals surface area (Å²) < 4.78 is 25.1. The number of nitrogens with one attached hydrogen (secondary N) is 1. The van der Waals surface area contributed by atoms with E-state index in [1.54, 1.807) is 54.6 Å². The summed E-state index contributed by atoms with van der Waals surface area (Å²) in [5.74, 6) is -0.252. The second kappa shape index (κ2) is 9.88. The number of nitrogens with two attached hydrogens (primary N) is 1. The third-order valence-electron chi connectivity index (χ3n) is 4.87. The smallest absolute Gasteiger partial charge is 0.231 e. The minimum Gasteiger partial charge on any atom is -0.329 e. The van der Waals surface area contributed by atoms with Crippen molar-refractivity contribution in [3.05, 3.63) is 60.2 Å². The Hall–Kier alpha value is -1.89. The summed E-state index contributed by atoms with van der Waals surface area (Å²) in [5, 5.41) is 2.89. The number of halogens is 1. The molecule has 0 saturated heterocycles. The van der Waals surface area contributed by atoms with E-state index < -0.39 is 15.3 Å². The molecule has 0 unspecified atom stereocenters. The number of amides is 1. The molecule has 2 rings (SSSR count). The van der Waals surface area contributed by atoms with Gasteiger partial charge < -0.3 is 11.1 Å². The summed E-state index contributed by atoms with van der Waals surface area (Å²) in [6, 6.07) is 15.3. The molecule has 0 radical (unpaired) electrons. The van der Waals surface area contributed by atoms with E-state index in [4.69, 9.17) is 5.73 Å². The lowest BCUT2D eigenvalue weighted by molar-refractivity contribution is -0.125. The molecule has 0 atom stereocenters. The van der Waals surface area contributed by atoms with Crippen molar-refractivity contribution in [3.8, 4) is 0 Å². The van der Waals surface area contributed by atoms with Gasteiger partial charge in [-0.25, -0.2) is 8.42 Å². The summed E-state index contributed by atoms with van der Waals surface area (Å²) in [7, 11) is -3.43. The maximum absolute atomic E-state index is 12.6. The van der Waals surface area contributed by atoms with E-state index in [0.29, 0.717) is 24.1 Å². The number of carbonyl (C=O) groups is 1. The molecular weight excluding hydrogens is 384 g/mol. The third kappa shape index (κ3) is 5.54. The molecule has 7 heteroatoms. The highest BCUT2D eigenvalue weighted by Gasteiger charge is 2.33. The van der Waals surface area contributed by atoms with E-state index in [9.17, 15) is 13.2 Å². The van der Waals surface area contributed by atoms with Crippen LogP contribution < -0.4 is 11.1 Å². The van der Waals surface area contributed by atoms with E-state index in [1.807, 2.05) is 13.8 Å². The van der Waals surface area contributed by atoms with E-state index in [1.165, 1.54) is 0 Å². The maximum Gasteiger partial charge on any atom is 0.231 e. The Kier molecular flexibility index (Phi) is 8.47. The molecule has 1 amide bonds. The number of carbonyl (C=O) groups excluding carboxylic acids is 1. The Bertz CT molecular complexity index is 842. The fraction of sp³-hybridized carbons (Fsp3) is 0.350. The maximum atomic E-state index is 12.6. The normalized spacial score (nSPS) is 11.5. The number of sulfone groups is 1. The Morgan fingerprint density at radius 3 is 2.22 bits per heavy atom. The molecule has 0 aromatic heterocycles. The van der Waals surface area contributed by atoms with Crippen LogP contribution in [0.3, 0.4) is 0 Å². The Balaban J connectivity index is 0.00000364. The van der Waals surface area contributed by atoms with Gasteiger partial charge in [0.25, 0.3) is 0 Å². The lowest BCUT2D eigenvalue weighted by Crippen LogP contribution is -2.41. The topological polar surface area (TPSA) is 89.3 Å². The molecule has 0 aliphatic carbocycles. The first-order valence-electron chi connectivity index (χ1n) is 8.75. The average molecular weight is 411 g/mol. The van der Waals surface area contributed by atoms with Gasteiger partial charge >= 0.3 is 0 Å². The second-order valence-electron chi connectivity index (χ2n) is 6.42. The van der Waals surface area contributed by atoms with Crippen LogP contribution in [-0.2, 0) is 20.4 Å². The standard InChI is InChI=1S/C20H26N2O3S.ClH/c1-3-20(4-2,15-21)19(23)22-17-10-8-9-16(13-17)14-26(24,25)18-11-6-5-7-12-18;/h5-13H,3-4,14-15,21H2,1-2H3,(H,22,23);1H. The van der Waals surface area contributed by atoms with Crippen LogP contribution >= 0.6 is 12.4 Å². The molecule has 0 aliphatic heterocycles. The Labute approximate surface area is 167 Å². The first-order chi connectivity index (χ1) is 12.4. The monoisotopic (exact) mass is 410 g/mol. The summed E-state index contributed by atoms with van der Waals surface area (Å²) in [6.07, 6.45) is 1.29. The second-order valence-corrected chi connectivity index (χ2v) is 8.41. The molecule has 5 nitrogen and oxygen atoms in total. The van der Waals surface area contributed by atoms with Gasteiger partial charge in [0.05, 0.1) is 16.1 Å². The molecule has 0 aliphatic rings. The molecule has 0 heterocycles. The lowest BCUT2D eigenvalue weighted by atomic mass is 9.81. The largest absolute Gasteiger partial charge is 0.329 e. The fourth-order valence-corrected chi connectivity index (χ4v) is 4.24. The van der Waals surface area contributed by atoms with Crippen molar-refractivity contribution in [2.24, 2.45) is 11.1 Å². The van der Waals surface area contributed by atoms with Gasteiger partial charge in [0.1, 0.15) is 0 Å². The van der Waals surface area contributed by atoms with Crippen LogP contribution in [0.4, 0.5) is 5.69 Å². The van der Waals surface area contributed by atoms with Crippen LogP contribution in [0.15, 0.2) is 59.5 Å². The molecule has 148 valence electrons. The van der Waals surface area contributed by atoms with Crippen molar-refractivity contribution >= 4 is 33.8 Å². The zero-order valence-electron chi connectivity index (χ0n) is 15.6. The van der Waals surface area contributed by atoms with Crippen LogP contribution in [-0.4, -0.2) is 20.9 Å². The van der Waals surface area contributed by atoms with Crippen molar-refractivity contribution in [1.82, 2.24) is 0 Å². The van der Waals surface area contributed by atoms with Gasteiger partial charge in [0, 0.05) is 12.2 Å². The van der Waals surface area contributed by atoms with E-state index in [2.05, 4.69) is 5.32 Å². The van der Waals surface area contributed by atoms with Crippen molar-refractivity contribution in [1.29, 1.82) is 0 Å². The van der Waals surface area contributed by atoms with Crippen molar-refractivity contribution in [2.75, 3.05) is 11.9 Å². The highest BCUT2D eigenvalue weighted by Crippen LogP contribution is 2.27. The molecular formula is C20H27ClN2O3S. The van der Waals surface area contributed by atoms with Crippen LogP contribution in [0.2, 0.25) is 0 Å². The summed E-state index contributed by atoms with van der Waals surface area (Å²) >= 11 is 0. The molecule has 3 N–H and O–H groups in total. The van der Waals surface area contributed by atoms with Gasteiger partial charge in [-0.2, -0.15) is 0 Å². The van der Waals surface area contributed by atoms with E-state index in [-0.39, 0.29) is 35.5 Å². The third-order valence-corrected chi connectivity index (χ3v) is 6.57. The molecule has 27 heavy (non-hydrogen) atoms. The van der Waals surface area contributed by atoms with E-state index in [0.717, 1.165) is 0 Å². The van der Waals surface area contributed by atoms with Crippen molar-refractivity contribution in [2.45, 2.75) is 37.3 Å². The lowest BCUT2D eigenvalue weighted by Gasteiger charge is -2.28. The summed E-state index contributed by atoms with van der Waals surface area (Å²) in [4.78, 5) is 12.9. The molecule has 2 aromatic carbocycles. The zero-order valence-corrected chi connectivity index (χ0v) is 17.3. The molecule has 2 aromatic rings. The van der Waals surface area contributed by atoms with Crippen molar-refractivity contribution < 1.29 is 13.2 Å². The minimum atomic E-state index is -3.43. The van der Waals surface area contributed by atoms with E-state index >= 15 is 0 Å². The van der Waals surface area contributed by atoms with Gasteiger partial charge in [0.15, 0.2) is 9.84 Å².